The highest BCUT2D eigenvalue weighted by atomic mass is 32.2. The molecule has 0 N–H and O–H groups in total. The van der Waals surface area contributed by atoms with E-state index in [0.29, 0.717) is 30.8 Å². The molecule has 28 heavy (non-hydrogen) atoms. The molecule has 1 aliphatic carbocycles. The minimum atomic E-state index is -3.47. The van der Waals surface area contributed by atoms with Gasteiger partial charge in [-0.25, -0.2) is 17.9 Å². The normalized spacial score (nSPS) is 20.1. The van der Waals surface area contributed by atoms with E-state index in [1.807, 2.05) is 23.6 Å². The van der Waals surface area contributed by atoms with E-state index in [-0.39, 0.29) is 17.6 Å². The molecule has 1 aliphatic heterocycles. The molecular weight excluding hydrogens is 376 g/mol. The van der Waals surface area contributed by atoms with Crippen LogP contribution in [0.2, 0.25) is 0 Å². The number of aromatic nitrogens is 3. The third-order valence-electron chi connectivity index (χ3n) is 6.15. The second-order valence-corrected chi connectivity index (χ2v) is 10.0. The zero-order valence-corrected chi connectivity index (χ0v) is 17.4. The molecule has 2 heterocycles. The van der Waals surface area contributed by atoms with Gasteiger partial charge in [-0.2, -0.15) is 9.40 Å². The largest absolute Gasteiger partial charge is 0.345 e. The van der Waals surface area contributed by atoms with Gasteiger partial charge in [0.25, 0.3) is 0 Å². The quantitative estimate of drug-likeness (QED) is 0.785. The molecule has 4 rings (SSSR count). The molecular formula is C20H28N4O3S. The summed E-state index contributed by atoms with van der Waals surface area (Å²) in [6.07, 6.45) is 5.73. The van der Waals surface area contributed by atoms with Crippen molar-refractivity contribution in [3.8, 4) is 0 Å². The predicted molar refractivity (Wildman–Crippen MR) is 107 cm³/mol. The molecule has 0 spiro atoms. The van der Waals surface area contributed by atoms with Crippen LogP contribution in [0, 0.1) is 6.92 Å². The molecule has 2 fully saturated rings. The van der Waals surface area contributed by atoms with Crippen LogP contribution in [-0.4, -0.2) is 40.2 Å². The number of sulfonamides is 1. The summed E-state index contributed by atoms with van der Waals surface area (Å²) in [5.41, 5.74) is 0.995. The highest BCUT2D eigenvalue weighted by molar-refractivity contribution is 7.89. The predicted octanol–water partition coefficient (Wildman–Crippen LogP) is 2.57. The van der Waals surface area contributed by atoms with Crippen LogP contribution in [-0.2, 0) is 17.1 Å². The van der Waals surface area contributed by atoms with Gasteiger partial charge in [0, 0.05) is 32.1 Å². The Morgan fingerprint density at radius 1 is 1.00 bits per heavy atom. The van der Waals surface area contributed by atoms with Crippen LogP contribution in [0.1, 0.15) is 61.9 Å². The molecule has 0 radical (unpaired) electrons. The fourth-order valence-electron chi connectivity index (χ4n) is 4.50. The molecule has 1 saturated heterocycles. The molecule has 1 aromatic heterocycles. The third kappa shape index (κ3) is 3.43. The minimum absolute atomic E-state index is 0.0448. The summed E-state index contributed by atoms with van der Waals surface area (Å²) in [6, 6.07) is 7.24. The Morgan fingerprint density at radius 3 is 2.21 bits per heavy atom. The van der Waals surface area contributed by atoms with Crippen molar-refractivity contribution >= 4 is 10.0 Å². The van der Waals surface area contributed by atoms with Crippen molar-refractivity contribution in [1.82, 2.24) is 18.7 Å². The van der Waals surface area contributed by atoms with Crippen molar-refractivity contribution in [3.05, 3.63) is 46.1 Å². The molecule has 1 aromatic carbocycles. The smallest absolute Gasteiger partial charge is 0.276 e. The Morgan fingerprint density at radius 2 is 1.61 bits per heavy atom. The maximum atomic E-state index is 12.9. The number of piperidine rings is 1. The zero-order valence-electron chi connectivity index (χ0n) is 16.5. The number of hydrogen-bond donors (Lipinski definition) is 0. The Kier molecular flexibility index (Phi) is 5.18. The van der Waals surface area contributed by atoms with Crippen molar-refractivity contribution in [2.24, 2.45) is 7.05 Å². The van der Waals surface area contributed by atoms with Gasteiger partial charge in [-0.05, 0) is 44.7 Å². The van der Waals surface area contributed by atoms with Gasteiger partial charge in [0.15, 0.2) is 0 Å². The molecule has 0 unspecified atom stereocenters. The second kappa shape index (κ2) is 7.48. The van der Waals surface area contributed by atoms with E-state index in [0.717, 1.165) is 37.1 Å². The van der Waals surface area contributed by atoms with E-state index in [4.69, 9.17) is 0 Å². The topological polar surface area (TPSA) is 77.2 Å². The Balaban J connectivity index is 1.53. The zero-order chi connectivity index (χ0) is 19.9. The van der Waals surface area contributed by atoms with Gasteiger partial charge < -0.3 is 0 Å². The fourth-order valence-corrected chi connectivity index (χ4v) is 5.97. The summed E-state index contributed by atoms with van der Waals surface area (Å²) in [5, 5.41) is 4.53. The van der Waals surface area contributed by atoms with Crippen molar-refractivity contribution in [2.45, 2.75) is 62.3 Å². The Hall–Kier alpha value is -1.93. The van der Waals surface area contributed by atoms with E-state index in [1.165, 1.54) is 4.68 Å². The van der Waals surface area contributed by atoms with Crippen molar-refractivity contribution < 1.29 is 8.42 Å². The van der Waals surface area contributed by atoms with Gasteiger partial charge in [-0.3, -0.25) is 4.57 Å². The van der Waals surface area contributed by atoms with Gasteiger partial charge in [0.2, 0.25) is 10.0 Å². The lowest BCUT2D eigenvalue weighted by Crippen LogP contribution is -2.38. The van der Waals surface area contributed by atoms with Gasteiger partial charge >= 0.3 is 5.69 Å². The number of nitrogens with zero attached hydrogens (tertiary/aromatic N) is 4. The van der Waals surface area contributed by atoms with E-state index >= 15 is 0 Å². The maximum Gasteiger partial charge on any atom is 0.345 e. The number of aryl methyl sites for hydroxylation is 2. The fraction of sp³-hybridized carbons (Fsp3) is 0.600. The van der Waals surface area contributed by atoms with Crippen molar-refractivity contribution in [1.29, 1.82) is 0 Å². The number of benzene rings is 1. The molecule has 8 heteroatoms. The van der Waals surface area contributed by atoms with Crippen LogP contribution in [0.5, 0.6) is 0 Å². The molecule has 0 atom stereocenters. The molecule has 1 saturated carbocycles. The van der Waals surface area contributed by atoms with Gasteiger partial charge in [0.05, 0.1) is 4.90 Å². The van der Waals surface area contributed by atoms with Gasteiger partial charge in [0.1, 0.15) is 5.82 Å². The summed E-state index contributed by atoms with van der Waals surface area (Å²) < 4.78 is 30.7. The molecule has 0 bridgehead atoms. The molecule has 2 aromatic rings. The van der Waals surface area contributed by atoms with Crippen LogP contribution < -0.4 is 5.69 Å². The first-order valence-electron chi connectivity index (χ1n) is 10.1. The van der Waals surface area contributed by atoms with Crippen molar-refractivity contribution in [3.63, 3.8) is 0 Å². The summed E-state index contributed by atoms with van der Waals surface area (Å²) in [5.74, 6) is 0.964. The molecule has 152 valence electrons. The highest BCUT2D eigenvalue weighted by Gasteiger charge is 2.34. The maximum absolute atomic E-state index is 12.9. The van der Waals surface area contributed by atoms with Crippen LogP contribution >= 0.6 is 0 Å². The van der Waals surface area contributed by atoms with E-state index in [9.17, 15) is 13.2 Å². The average Bonchev–Trinajstić information content (AvgIpc) is 3.31. The lowest BCUT2D eigenvalue weighted by Gasteiger charge is -2.31. The van der Waals surface area contributed by atoms with Crippen molar-refractivity contribution in [2.75, 3.05) is 13.1 Å². The van der Waals surface area contributed by atoms with E-state index in [2.05, 4.69) is 5.10 Å². The number of rotatable bonds is 4. The Labute approximate surface area is 166 Å². The van der Waals surface area contributed by atoms with Crippen LogP contribution in [0.25, 0.3) is 0 Å². The Bertz CT molecular complexity index is 993. The third-order valence-corrected chi connectivity index (χ3v) is 8.06. The summed E-state index contributed by atoms with van der Waals surface area (Å²) in [7, 11) is -1.77. The van der Waals surface area contributed by atoms with Crippen LogP contribution in [0.3, 0.4) is 0 Å². The average molecular weight is 405 g/mol. The minimum Gasteiger partial charge on any atom is -0.276 e. The SMILES string of the molecule is Cc1ccc(S(=O)(=O)N2CCC(c3nn(C)c(=O)n3C3CCCC3)CC2)cc1. The molecule has 0 amide bonds. The number of hydrogen-bond acceptors (Lipinski definition) is 4. The lowest BCUT2D eigenvalue weighted by atomic mass is 9.97. The van der Waals surface area contributed by atoms with Gasteiger partial charge in [-0.1, -0.05) is 30.5 Å². The van der Waals surface area contributed by atoms with Crippen LogP contribution in [0.15, 0.2) is 34.0 Å². The molecule has 7 nitrogen and oxygen atoms in total. The summed E-state index contributed by atoms with van der Waals surface area (Å²) in [6.45, 7) is 2.85. The monoisotopic (exact) mass is 404 g/mol. The van der Waals surface area contributed by atoms with Gasteiger partial charge in [-0.15, -0.1) is 0 Å². The highest BCUT2D eigenvalue weighted by Crippen LogP contribution is 2.34. The van der Waals surface area contributed by atoms with E-state index < -0.39 is 10.0 Å². The first kappa shape index (κ1) is 19.4. The standard InChI is InChI=1S/C20H28N4O3S/c1-15-7-9-18(10-8-15)28(26,27)23-13-11-16(12-14-23)19-21-22(2)20(25)24(19)17-5-3-4-6-17/h7-10,16-17H,3-6,11-14H2,1-2H3. The summed E-state index contributed by atoms with van der Waals surface area (Å²) in [4.78, 5) is 13.0. The first-order chi connectivity index (χ1) is 13.4. The second-order valence-electron chi connectivity index (χ2n) is 8.06. The lowest BCUT2D eigenvalue weighted by molar-refractivity contribution is 0.304. The summed E-state index contributed by atoms with van der Waals surface area (Å²) >= 11 is 0. The molecule has 2 aliphatic rings. The first-order valence-corrected chi connectivity index (χ1v) is 11.5. The van der Waals surface area contributed by atoms with E-state index in [1.54, 1.807) is 23.5 Å². The van der Waals surface area contributed by atoms with Crippen LogP contribution in [0.4, 0.5) is 0 Å².